The lowest BCUT2D eigenvalue weighted by Crippen LogP contribution is -2.30. The monoisotopic (exact) mass is 428 g/mol. The quantitative estimate of drug-likeness (QED) is 0.347. The number of ether oxygens (including phenoxy) is 1. The summed E-state index contributed by atoms with van der Waals surface area (Å²) in [7, 11) is 1.28. The zero-order valence-electron chi connectivity index (χ0n) is 18.8. The van der Waals surface area contributed by atoms with Crippen molar-refractivity contribution in [3.8, 4) is 0 Å². The van der Waals surface area contributed by atoms with E-state index < -0.39 is 17.6 Å². The molecule has 0 aromatic heterocycles. The minimum Gasteiger partial charge on any atom is -0.465 e. The maximum absolute atomic E-state index is 15.1. The van der Waals surface area contributed by atoms with Crippen LogP contribution in [0.1, 0.15) is 93.0 Å². The molecule has 0 N–H and O–H groups in total. The number of hydrogen-bond donors (Lipinski definition) is 0. The molecule has 31 heavy (non-hydrogen) atoms. The Bertz CT molecular complexity index is 938. The number of methoxy groups -OCH3 is 1. The Balaban J connectivity index is 1.50. The van der Waals surface area contributed by atoms with E-state index in [1.54, 1.807) is 18.2 Å². The first-order valence-corrected chi connectivity index (χ1v) is 12.0. The third-order valence-corrected chi connectivity index (χ3v) is 7.85. The molecule has 2 aromatic carbocycles. The van der Waals surface area contributed by atoms with E-state index in [1.165, 1.54) is 58.1 Å². The van der Waals surface area contributed by atoms with E-state index in [0.29, 0.717) is 16.9 Å². The van der Waals surface area contributed by atoms with E-state index in [9.17, 15) is 9.18 Å². The van der Waals surface area contributed by atoms with Crippen molar-refractivity contribution >= 4 is 16.7 Å². The molecular weight excluding hydrogens is 394 g/mol. The van der Waals surface area contributed by atoms with Crippen LogP contribution in [0.5, 0.6) is 0 Å². The molecular formula is C27H34F2O2. The lowest BCUT2D eigenvalue weighted by Gasteiger charge is -2.42. The van der Waals surface area contributed by atoms with Gasteiger partial charge >= 0.3 is 5.97 Å². The number of hydrogen-bond acceptors (Lipinski definition) is 2. The molecule has 0 amide bonds. The van der Waals surface area contributed by atoms with Crippen LogP contribution in [-0.2, 0) is 4.74 Å². The summed E-state index contributed by atoms with van der Waals surface area (Å²) in [5, 5.41) is 0.786. The molecule has 4 unspecified atom stereocenters. The van der Waals surface area contributed by atoms with Gasteiger partial charge in [-0.25, -0.2) is 13.6 Å². The van der Waals surface area contributed by atoms with E-state index >= 15 is 4.39 Å². The molecule has 2 aromatic rings. The van der Waals surface area contributed by atoms with Crippen LogP contribution in [0, 0.1) is 29.4 Å². The van der Waals surface area contributed by atoms with Gasteiger partial charge in [0.05, 0.1) is 12.7 Å². The highest BCUT2D eigenvalue weighted by Crippen LogP contribution is 2.49. The molecule has 2 saturated carbocycles. The summed E-state index contributed by atoms with van der Waals surface area (Å²) in [4.78, 5) is 11.8. The third kappa shape index (κ3) is 4.63. The molecule has 2 aliphatic rings. The second kappa shape index (κ2) is 9.67. The van der Waals surface area contributed by atoms with Crippen molar-refractivity contribution in [2.75, 3.05) is 7.11 Å². The van der Waals surface area contributed by atoms with Gasteiger partial charge in [-0.15, -0.1) is 0 Å². The molecule has 2 fully saturated rings. The fourth-order valence-electron chi connectivity index (χ4n) is 6.10. The average molecular weight is 429 g/mol. The van der Waals surface area contributed by atoms with Gasteiger partial charge in [-0.3, -0.25) is 0 Å². The lowest BCUT2D eigenvalue weighted by atomic mass is 9.63. The number of unbranched alkanes of at least 4 members (excludes halogenated alkanes) is 2. The first-order valence-electron chi connectivity index (χ1n) is 12.0. The fourth-order valence-corrected chi connectivity index (χ4v) is 6.10. The zero-order valence-corrected chi connectivity index (χ0v) is 18.8. The first-order chi connectivity index (χ1) is 15.0. The molecule has 4 atom stereocenters. The first kappa shape index (κ1) is 22.2. The Morgan fingerprint density at radius 3 is 2.55 bits per heavy atom. The maximum atomic E-state index is 15.1. The van der Waals surface area contributed by atoms with E-state index in [1.807, 2.05) is 0 Å². The van der Waals surface area contributed by atoms with Crippen LogP contribution < -0.4 is 0 Å². The number of benzene rings is 2. The Hall–Kier alpha value is -1.97. The van der Waals surface area contributed by atoms with Gasteiger partial charge < -0.3 is 4.74 Å². The van der Waals surface area contributed by atoms with E-state index in [-0.39, 0.29) is 16.9 Å². The fraction of sp³-hybridized carbons (Fsp3) is 0.593. The molecule has 0 radical (unpaired) electrons. The van der Waals surface area contributed by atoms with Gasteiger partial charge in [0.2, 0.25) is 0 Å². The molecule has 2 aliphatic carbocycles. The van der Waals surface area contributed by atoms with Crippen molar-refractivity contribution in [1.82, 2.24) is 0 Å². The Morgan fingerprint density at radius 2 is 1.77 bits per heavy atom. The van der Waals surface area contributed by atoms with Crippen LogP contribution in [0.25, 0.3) is 10.8 Å². The number of halogens is 2. The van der Waals surface area contributed by atoms with E-state index in [2.05, 4.69) is 6.92 Å². The van der Waals surface area contributed by atoms with Crippen LogP contribution in [0.3, 0.4) is 0 Å². The van der Waals surface area contributed by atoms with Crippen molar-refractivity contribution < 1.29 is 18.3 Å². The van der Waals surface area contributed by atoms with Crippen LogP contribution in [-0.4, -0.2) is 13.1 Å². The molecule has 4 heteroatoms. The molecule has 168 valence electrons. The van der Waals surface area contributed by atoms with Gasteiger partial charge in [0, 0.05) is 5.39 Å². The summed E-state index contributed by atoms with van der Waals surface area (Å²) in [6, 6.07) is 6.50. The molecule has 0 spiro atoms. The summed E-state index contributed by atoms with van der Waals surface area (Å²) in [6.45, 7) is 2.25. The van der Waals surface area contributed by atoms with E-state index in [4.69, 9.17) is 4.74 Å². The Labute approximate surface area is 184 Å². The molecule has 0 aliphatic heterocycles. The minimum atomic E-state index is -0.847. The predicted molar refractivity (Wildman–Crippen MR) is 120 cm³/mol. The highest BCUT2D eigenvalue weighted by Gasteiger charge is 2.37. The topological polar surface area (TPSA) is 26.3 Å². The van der Waals surface area contributed by atoms with Crippen molar-refractivity contribution in [2.24, 2.45) is 17.8 Å². The smallest absolute Gasteiger partial charge is 0.337 e. The largest absolute Gasteiger partial charge is 0.465 e. The van der Waals surface area contributed by atoms with E-state index in [0.717, 1.165) is 31.1 Å². The highest BCUT2D eigenvalue weighted by molar-refractivity contribution is 5.95. The predicted octanol–water partition coefficient (Wildman–Crippen LogP) is 7.78. The normalized spacial score (nSPS) is 25.9. The summed E-state index contributed by atoms with van der Waals surface area (Å²) < 4.78 is 34.8. The average Bonchev–Trinajstić information content (AvgIpc) is 2.80. The van der Waals surface area contributed by atoms with Crippen molar-refractivity contribution in [1.29, 1.82) is 0 Å². The van der Waals surface area contributed by atoms with Gasteiger partial charge in [-0.2, -0.15) is 0 Å². The summed E-state index contributed by atoms with van der Waals surface area (Å²) in [6.07, 6.45) is 12.2. The maximum Gasteiger partial charge on any atom is 0.337 e. The Kier molecular flexibility index (Phi) is 6.93. The minimum absolute atomic E-state index is 0.0806. The van der Waals surface area contributed by atoms with Crippen molar-refractivity contribution in [2.45, 2.75) is 77.0 Å². The van der Waals surface area contributed by atoms with Gasteiger partial charge in [0.1, 0.15) is 0 Å². The van der Waals surface area contributed by atoms with Crippen LogP contribution in [0.2, 0.25) is 0 Å². The van der Waals surface area contributed by atoms with Gasteiger partial charge in [-0.1, -0.05) is 45.1 Å². The third-order valence-electron chi connectivity index (χ3n) is 7.85. The van der Waals surface area contributed by atoms with Crippen molar-refractivity contribution in [3.05, 3.63) is 47.0 Å². The molecule has 2 nitrogen and oxygen atoms in total. The summed E-state index contributed by atoms with van der Waals surface area (Å²) in [5.41, 5.74) is 0.747. The lowest BCUT2D eigenvalue weighted by molar-refractivity contribution is 0.0601. The van der Waals surface area contributed by atoms with Crippen LogP contribution in [0.4, 0.5) is 8.78 Å². The molecule has 0 saturated heterocycles. The molecule has 4 rings (SSSR count). The SMILES string of the molecule is CCCCCC1CCC2CC(c3cc4ccc(C(=O)OC)cc4c(F)c3F)CCC2C1. The highest BCUT2D eigenvalue weighted by atomic mass is 19.2. The molecule has 0 heterocycles. The second-order valence-corrected chi connectivity index (χ2v) is 9.73. The molecule has 0 bridgehead atoms. The second-order valence-electron chi connectivity index (χ2n) is 9.73. The van der Waals surface area contributed by atoms with Gasteiger partial charge in [-0.05, 0) is 84.9 Å². The summed E-state index contributed by atoms with van der Waals surface area (Å²) >= 11 is 0. The number of carbonyl (C=O) groups excluding carboxylic acids is 1. The van der Waals surface area contributed by atoms with Gasteiger partial charge in [0.25, 0.3) is 0 Å². The van der Waals surface area contributed by atoms with Crippen molar-refractivity contribution in [3.63, 3.8) is 0 Å². The van der Waals surface area contributed by atoms with Crippen LogP contribution in [0.15, 0.2) is 24.3 Å². The number of fused-ring (bicyclic) bond motifs is 2. The Morgan fingerprint density at radius 1 is 1.00 bits per heavy atom. The number of esters is 1. The summed E-state index contributed by atoms with van der Waals surface area (Å²) in [5.74, 6) is 0.203. The number of rotatable bonds is 6. The zero-order chi connectivity index (χ0) is 22.0. The number of carbonyl (C=O) groups is 1. The standard InChI is InChI=1S/C27H34F2O2/c1-3-4-5-6-17-7-8-19-14-20(10-9-18(19)13-17)23-15-21-11-12-22(27(30)31-2)16-24(21)26(29)25(23)28/h11-12,15-20H,3-10,13-14H2,1-2H3. The van der Waals surface area contributed by atoms with Crippen LogP contribution >= 0.6 is 0 Å². The van der Waals surface area contributed by atoms with Gasteiger partial charge in [0.15, 0.2) is 11.6 Å².